The van der Waals surface area contributed by atoms with Gasteiger partial charge in [0.05, 0.1) is 17.0 Å². The van der Waals surface area contributed by atoms with Gasteiger partial charge in [0.15, 0.2) is 0 Å². The zero-order valence-corrected chi connectivity index (χ0v) is 18.5. The van der Waals surface area contributed by atoms with E-state index < -0.39 is 6.36 Å². The molecule has 32 heavy (non-hydrogen) atoms. The first-order valence-electron chi connectivity index (χ1n) is 10.2. The lowest BCUT2D eigenvalue weighted by atomic mass is 10.1. The fourth-order valence-electron chi connectivity index (χ4n) is 3.83. The van der Waals surface area contributed by atoms with E-state index >= 15 is 0 Å². The second kappa shape index (κ2) is 8.99. The van der Waals surface area contributed by atoms with Gasteiger partial charge in [0.1, 0.15) is 18.3 Å². The molecule has 2 aromatic rings. The smallest absolute Gasteiger partial charge is 0.406 e. The second-order valence-corrected chi connectivity index (χ2v) is 8.82. The van der Waals surface area contributed by atoms with Crippen molar-refractivity contribution in [3.8, 4) is 5.75 Å². The molecule has 1 fully saturated rings. The number of fused-ring (bicyclic) bond motifs is 1. The normalized spacial score (nSPS) is 18.4. The molecule has 0 unspecified atom stereocenters. The lowest BCUT2D eigenvalue weighted by Crippen LogP contribution is -2.49. The van der Waals surface area contributed by atoms with Crippen LogP contribution < -0.4 is 15.2 Å². The number of amides is 1. The van der Waals surface area contributed by atoms with Crippen molar-refractivity contribution in [1.29, 1.82) is 0 Å². The fourth-order valence-corrected chi connectivity index (χ4v) is 4.82. The van der Waals surface area contributed by atoms with Crippen molar-refractivity contribution in [2.45, 2.75) is 25.2 Å². The molecule has 1 amide bonds. The van der Waals surface area contributed by atoms with Crippen LogP contribution in [-0.2, 0) is 11.2 Å². The minimum absolute atomic E-state index is 0.0541. The van der Waals surface area contributed by atoms with Gasteiger partial charge >= 0.3 is 6.36 Å². The average molecular weight is 468 g/mol. The summed E-state index contributed by atoms with van der Waals surface area (Å²) in [7, 11) is 3.95. The Kier molecular flexibility index (Phi) is 6.29. The number of hydrogen-bond acceptors (Lipinski definition) is 7. The molecule has 1 aromatic heterocycles. The van der Waals surface area contributed by atoms with Gasteiger partial charge in [-0.25, -0.2) is 10.4 Å². The van der Waals surface area contributed by atoms with Crippen molar-refractivity contribution >= 4 is 28.8 Å². The first-order valence-corrected chi connectivity index (χ1v) is 11.0. The molecule has 3 heterocycles. The van der Waals surface area contributed by atoms with Crippen LogP contribution in [0, 0.1) is 0 Å². The van der Waals surface area contributed by atoms with E-state index in [1.807, 2.05) is 29.4 Å². The third-order valence-corrected chi connectivity index (χ3v) is 6.22. The summed E-state index contributed by atoms with van der Waals surface area (Å²) >= 11 is 1.64. The first-order chi connectivity index (χ1) is 15.2. The SMILES string of the molecule is CN(C)C1=NCN(N[C@H]2CCN(C(=O)Cc3ccc(OC(F)(F)F)cc3)C2)c2ccsc21. The van der Waals surface area contributed by atoms with Gasteiger partial charge in [-0.1, -0.05) is 12.1 Å². The molecule has 1 atom stereocenters. The molecule has 1 saturated heterocycles. The van der Waals surface area contributed by atoms with Gasteiger partial charge in [-0.15, -0.1) is 24.5 Å². The molecule has 11 heteroatoms. The summed E-state index contributed by atoms with van der Waals surface area (Å²) < 4.78 is 40.7. The molecule has 0 saturated carbocycles. The lowest BCUT2D eigenvalue weighted by Gasteiger charge is -2.32. The average Bonchev–Trinajstić information content (AvgIpc) is 3.38. The lowest BCUT2D eigenvalue weighted by molar-refractivity contribution is -0.274. The van der Waals surface area contributed by atoms with Gasteiger partial charge in [-0.2, -0.15) is 0 Å². The summed E-state index contributed by atoms with van der Waals surface area (Å²) in [5.74, 6) is 0.609. The molecular weight excluding hydrogens is 443 g/mol. The highest BCUT2D eigenvalue weighted by Crippen LogP contribution is 2.30. The number of nitrogens with zero attached hydrogens (tertiary/aromatic N) is 4. The Balaban J connectivity index is 1.31. The maximum Gasteiger partial charge on any atom is 0.573 e. The quantitative estimate of drug-likeness (QED) is 0.733. The molecule has 2 aliphatic rings. The van der Waals surface area contributed by atoms with Crippen molar-refractivity contribution in [3.63, 3.8) is 0 Å². The number of amidine groups is 1. The van der Waals surface area contributed by atoms with Gasteiger partial charge in [-0.3, -0.25) is 9.80 Å². The summed E-state index contributed by atoms with van der Waals surface area (Å²) in [6.07, 6.45) is -3.79. The summed E-state index contributed by atoms with van der Waals surface area (Å²) in [6.45, 7) is 1.69. The van der Waals surface area contributed by atoms with Gasteiger partial charge in [-0.05, 0) is 35.6 Å². The summed E-state index contributed by atoms with van der Waals surface area (Å²) in [5.41, 5.74) is 5.22. The Morgan fingerprint density at radius 3 is 2.72 bits per heavy atom. The monoisotopic (exact) mass is 467 g/mol. The van der Waals surface area contributed by atoms with Crippen LogP contribution in [0.1, 0.15) is 16.9 Å². The number of ether oxygens (including phenoxy) is 1. The fraction of sp³-hybridized carbons (Fsp3) is 0.429. The number of hydrogen-bond donors (Lipinski definition) is 1. The molecular formula is C21H24F3N5O2S. The molecule has 0 bridgehead atoms. The van der Waals surface area contributed by atoms with Crippen molar-refractivity contribution < 1.29 is 22.7 Å². The van der Waals surface area contributed by atoms with Crippen LogP contribution in [-0.4, -0.2) is 67.8 Å². The molecule has 0 radical (unpaired) electrons. The van der Waals surface area contributed by atoms with Gasteiger partial charge in [0, 0.05) is 33.2 Å². The van der Waals surface area contributed by atoms with E-state index in [2.05, 4.69) is 21.2 Å². The van der Waals surface area contributed by atoms with E-state index in [1.54, 1.807) is 16.2 Å². The van der Waals surface area contributed by atoms with Gasteiger partial charge in [0.25, 0.3) is 0 Å². The van der Waals surface area contributed by atoms with Crippen LogP contribution in [0.4, 0.5) is 18.9 Å². The zero-order valence-electron chi connectivity index (χ0n) is 17.7. The molecule has 0 aliphatic carbocycles. The molecule has 0 spiro atoms. The minimum Gasteiger partial charge on any atom is -0.406 e. The first kappa shape index (κ1) is 22.4. The Hall–Kier alpha value is -2.79. The van der Waals surface area contributed by atoms with Gasteiger partial charge < -0.3 is 14.5 Å². The van der Waals surface area contributed by atoms with E-state index in [4.69, 9.17) is 0 Å². The summed E-state index contributed by atoms with van der Waals surface area (Å²) in [5, 5.41) is 4.07. The van der Waals surface area contributed by atoms with E-state index in [9.17, 15) is 18.0 Å². The third kappa shape index (κ3) is 5.16. The number of alkyl halides is 3. The highest BCUT2D eigenvalue weighted by Gasteiger charge is 2.32. The molecule has 2 aliphatic heterocycles. The Morgan fingerprint density at radius 1 is 1.28 bits per heavy atom. The number of nitrogens with one attached hydrogen (secondary N) is 1. The molecule has 172 valence electrons. The van der Waals surface area contributed by atoms with Crippen LogP contribution in [0.3, 0.4) is 0 Å². The summed E-state index contributed by atoms with van der Waals surface area (Å²) in [4.78, 5) is 22.2. The zero-order chi connectivity index (χ0) is 22.9. The van der Waals surface area contributed by atoms with Crippen molar-refractivity contribution in [2.24, 2.45) is 4.99 Å². The molecule has 1 N–H and O–H groups in total. The third-order valence-electron chi connectivity index (χ3n) is 5.32. The highest BCUT2D eigenvalue weighted by molar-refractivity contribution is 7.12. The number of thiophene rings is 1. The van der Waals surface area contributed by atoms with Crippen LogP contribution in [0.15, 0.2) is 40.7 Å². The number of likely N-dealkylation sites (tertiary alicyclic amines) is 1. The second-order valence-electron chi connectivity index (χ2n) is 7.90. The predicted molar refractivity (Wildman–Crippen MR) is 117 cm³/mol. The Morgan fingerprint density at radius 2 is 2.03 bits per heavy atom. The van der Waals surface area contributed by atoms with Crippen molar-refractivity contribution in [2.75, 3.05) is 38.9 Å². The van der Waals surface area contributed by atoms with Crippen molar-refractivity contribution in [3.05, 3.63) is 46.2 Å². The van der Waals surface area contributed by atoms with E-state index in [-0.39, 0.29) is 24.1 Å². The Bertz CT molecular complexity index is 990. The maximum absolute atomic E-state index is 12.7. The predicted octanol–water partition coefficient (Wildman–Crippen LogP) is 3.08. The maximum atomic E-state index is 12.7. The minimum atomic E-state index is -4.73. The topological polar surface area (TPSA) is 60.4 Å². The van der Waals surface area contributed by atoms with Crippen LogP contribution in [0.25, 0.3) is 0 Å². The number of hydrazine groups is 1. The Labute approximate surface area is 188 Å². The largest absolute Gasteiger partial charge is 0.573 e. The van der Waals surface area contributed by atoms with E-state index in [0.717, 1.165) is 22.8 Å². The number of aliphatic imine (C=N–C) groups is 1. The van der Waals surface area contributed by atoms with Crippen LogP contribution >= 0.6 is 11.3 Å². The van der Waals surface area contributed by atoms with Crippen molar-refractivity contribution in [1.82, 2.24) is 15.2 Å². The van der Waals surface area contributed by atoms with E-state index in [0.29, 0.717) is 25.3 Å². The number of carbonyl (C=O) groups excluding carboxylic acids is 1. The molecule has 4 rings (SSSR count). The number of halogens is 3. The van der Waals surface area contributed by atoms with Crippen LogP contribution in [0.2, 0.25) is 0 Å². The highest BCUT2D eigenvalue weighted by atomic mass is 32.1. The molecule has 7 nitrogen and oxygen atoms in total. The number of anilines is 1. The number of benzene rings is 1. The number of carbonyl (C=O) groups is 1. The molecule has 1 aromatic carbocycles. The van der Waals surface area contributed by atoms with Crippen LogP contribution in [0.5, 0.6) is 5.75 Å². The standard InChI is InChI=1S/C21H24F3N5O2S/c1-27(2)20-19-17(8-10-32-19)29(13-25-20)26-15-7-9-28(12-15)18(30)11-14-3-5-16(6-4-14)31-21(22,23)24/h3-6,8,10,15,26H,7,9,11-13H2,1-2H3/t15-/m0/s1. The van der Waals surface area contributed by atoms with Gasteiger partial charge in [0.2, 0.25) is 5.91 Å². The van der Waals surface area contributed by atoms with E-state index in [1.165, 1.54) is 24.3 Å². The summed E-state index contributed by atoms with van der Waals surface area (Å²) in [6, 6.07) is 7.58. The number of rotatable bonds is 5.